The molecule has 11 heavy (non-hydrogen) atoms. The van der Waals surface area contributed by atoms with Crippen molar-refractivity contribution in [3.8, 4) is 0 Å². The Kier molecular flexibility index (Phi) is 5.78. The number of carbonyl (C=O) groups excluding carboxylic acids is 1. The molecule has 0 saturated carbocycles. The highest BCUT2D eigenvalue weighted by Crippen LogP contribution is 2.14. The van der Waals surface area contributed by atoms with Crippen LogP contribution in [0.25, 0.3) is 0 Å². The molecule has 0 fully saturated rings. The molecule has 0 spiro atoms. The van der Waals surface area contributed by atoms with Gasteiger partial charge in [-0.25, -0.2) is 0 Å². The molecule has 0 aromatic carbocycles. The first-order valence-electron chi connectivity index (χ1n) is 3.54. The first kappa shape index (κ1) is 11.1. The molecule has 0 aromatic rings. The number of carbonyl (C=O) groups is 1. The van der Waals surface area contributed by atoms with Crippen molar-refractivity contribution in [1.82, 2.24) is 0 Å². The fourth-order valence-electron chi connectivity index (χ4n) is 0.725. The summed E-state index contributed by atoms with van der Waals surface area (Å²) in [5.74, 6) is 0.780. The average Bonchev–Trinajstić information content (AvgIpc) is 1.98. The first-order chi connectivity index (χ1) is 5.13. The second-order valence-electron chi connectivity index (χ2n) is 2.35. The van der Waals surface area contributed by atoms with E-state index in [1.165, 1.54) is 0 Å². The lowest BCUT2D eigenvalue weighted by Crippen LogP contribution is -2.00. The van der Waals surface area contributed by atoms with Crippen LogP contribution in [0.1, 0.15) is 20.3 Å². The molecule has 0 radical (unpaired) electrons. The predicted octanol–water partition coefficient (Wildman–Crippen LogP) is 2.53. The van der Waals surface area contributed by atoms with Crippen LogP contribution in [0.2, 0.25) is 0 Å². The molecule has 0 heterocycles. The van der Waals surface area contributed by atoms with Gasteiger partial charge in [-0.1, -0.05) is 12.5 Å². The van der Waals surface area contributed by atoms with E-state index in [4.69, 9.17) is 0 Å². The van der Waals surface area contributed by atoms with Crippen molar-refractivity contribution in [2.75, 3.05) is 12.0 Å². The Balaban J connectivity index is 4.43. The van der Waals surface area contributed by atoms with E-state index in [1.54, 1.807) is 11.8 Å². The lowest BCUT2D eigenvalue weighted by molar-refractivity contribution is -0.107. The molecule has 64 valence electrons. The number of rotatable bonds is 4. The number of thiol groups is 1. The third-order valence-corrected chi connectivity index (χ3v) is 2.44. The SMILES string of the molecule is CCC(C)=C(CSC)C(=O)S. The minimum Gasteiger partial charge on any atom is -0.282 e. The Morgan fingerprint density at radius 1 is 1.55 bits per heavy atom. The van der Waals surface area contributed by atoms with Crippen LogP contribution in [0.15, 0.2) is 11.1 Å². The normalized spacial score (nSPS) is 12.7. The average molecular weight is 190 g/mol. The van der Waals surface area contributed by atoms with Gasteiger partial charge in [0, 0.05) is 11.3 Å². The molecule has 0 aliphatic carbocycles. The number of thioether (sulfide) groups is 1. The quantitative estimate of drug-likeness (QED) is 0.542. The summed E-state index contributed by atoms with van der Waals surface area (Å²) in [6, 6.07) is 0. The molecule has 0 atom stereocenters. The van der Waals surface area contributed by atoms with Crippen LogP contribution >= 0.6 is 24.4 Å². The van der Waals surface area contributed by atoms with E-state index in [9.17, 15) is 4.79 Å². The monoisotopic (exact) mass is 190 g/mol. The lowest BCUT2D eigenvalue weighted by Gasteiger charge is -2.04. The molecule has 0 aromatic heterocycles. The van der Waals surface area contributed by atoms with Crippen LogP contribution in [-0.2, 0) is 4.79 Å². The summed E-state index contributed by atoms with van der Waals surface area (Å²) in [4.78, 5) is 10.9. The van der Waals surface area contributed by atoms with Crippen LogP contribution in [-0.4, -0.2) is 17.1 Å². The van der Waals surface area contributed by atoms with Crippen LogP contribution in [0.4, 0.5) is 0 Å². The van der Waals surface area contributed by atoms with Crippen molar-refractivity contribution in [3.05, 3.63) is 11.1 Å². The van der Waals surface area contributed by atoms with Gasteiger partial charge in [-0.05, 0) is 19.6 Å². The molecule has 1 nitrogen and oxygen atoms in total. The predicted molar refractivity (Wildman–Crippen MR) is 55.4 cm³/mol. The summed E-state index contributed by atoms with van der Waals surface area (Å²) in [5, 5.41) is -0.0845. The van der Waals surface area contributed by atoms with E-state index in [1.807, 2.05) is 20.1 Å². The summed E-state index contributed by atoms with van der Waals surface area (Å²) >= 11 is 5.46. The number of hydrogen-bond acceptors (Lipinski definition) is 2. The zero-order valence-corrected chi connectivity index (χ0v) is 8.89. The second kappa shape index (κ2) is 5.72. The molecule has 0 aliphatic rings. The van der Waals surface area contributed by atoms with E-state index in [-0.39, 0.29) is 5.12 Å². The van der Waals surface area contributed by atoms with Crippen molar-refractivity contribution >= 4 is 29.5 Å². The highest BCUT2D eigenvalue weighted by atomic mass is 32.2. The first-order valence-corrected chi connectivity index (χ1v) is 5.38. The minimum absolute atomic E-state index is 0.0845. The summed E-state index contributed by atoms with van der Waals surface area (Å²) in [5.41, 5.74) is 2.02. The summed E-state index contributed by atoms with van der Waals surface area (Å²) in [7, 11) is 0. The number of hydrogen-bond donors (Lipinski definition) is 1. The maximum absolute atomic E-state index is 10.9. The highest BCUT2D eigenvalue weighted by molar-refractivity contribution is 7.99. The Hall–Kier alpha value is 0.110. The topological polar surface area (TPSA) is 17.1 Å². The Labute approximate surface area is 78.0 Å². The molecule has 0 amide bonds. The molecule has 0 aliphatic heterocycles. The maximum atomic E-state index is 10.9. The van der Waals surface area contributed by atoms with Gasteiger partial charge in [0.25, 0.3) is 0 Å². The standard InChI is InChI=1S/C8H14OS2/c1-4-6(2)7(5-11-3)8(9)10/h4-5H2,1-3H3,(H,9,10). The molecule has 0 bridgehead atoms. The Morgan fingerprint density at radius 2 is 2.09 bits per heavy atom. The van der Waals surface area contributed by atoms with Gasteiger partial charge < -0.3 is 0 Å². The van der Waals surface area contributed by atoms with Gasteiger partial charge in [-0.3, -0.25) is 4.79 Å². The van der Waals surface area contributed by atoms with E-state index in [0.717, 1.165) is 23.3 Å². The highest BCUT2D eigenvalue weighted by Gasteiger charge is 2.06. The van der Waals surface area contributed by atoms with Gasteiger partial charge in [0.2, 0.25) is 5.12 Å². The van der Waals surface area contributed by atoms with Crippen molar-refractivity contribution in [2.24, 2.45) is 0 Å². The zero-order chi connectivity index (χ0) is 8.85. The molecule has 0 N–H and O–H groups in total. The Morgan fingerprint density at radius 3 is 2.36 bits per heavy atom. The van der Waals surface area contributed by atoms with Crippen LogP contribution in [0.3, 0.4) is 0 Å². The van der Waals surface area contributed by atoms with Gasteiger partial charge in [0.15, 0.2) is 0 Å². The van der Waals surface area contributed by atoms with Gasteiger partial charge in [0.05, 0.1) is 0 Å². The largest absolute Gasteiger partial charge is 0.282 e. The van der Waals surface area contributed by atoms with Crippen molar-refractivity contribution in [3.63, 3.8) is 0 Å². The maximum Gasteiger partial charge on any atom is 0.213 e. The molecular formula is C8H14OS2. The molecule has 0 saturated heterocycles. The zero-order valence-electron chi connectivity index (χ0n) is 7.18. The van der Waals surface area contributed by atoms with E-state index in [0.29, 0.717) is 0 Å². The van der Waals surface area contributed by atoms with Gasteiger partial charge in [-0.15, -0.1) is 12.6 Å². The third kappa shape index (κ3) is 3.87. The lowest BCUT2D eigenvalue weighted by atomic mass is 10.1. The third-order valence-electron chi connectivity index (χ3n) is 1.59. The molecule has 0 rings (SSSR count). The van der Waals surface area contributed by atoms with E-state index in [2.05, 4.69) is 12.6 Å². The van der Waals surface area contributed by atoms with Crippen molar-refractivity contribution in [2.45, 2.75) is 20.3 Å². The van der Waals surface area contributed by atoms with Gasteiger partial charge in [-0.2, -0.15) is 11.8 Å². The summed E-state index contributed by atoms with van der Waals surface area (Å²) in [6.07, 6.45) is 2.92. The Bertz CT molecular complexity index is 173. The van der Waals surface area contributed by atoms with E-state index >= 15 is 0 Å². The smallest absolute Gasteiger partial charge is 0.213 e. The van der Waals surface area contributed by atoms with E-state index < -0.39 is 0 Å². The molecular weight excluding hydrogens is 176 g/mol. The number of allylic oxidation sites excluding steroid dienone is 1. The van der Waals surface area contributed by atoms with Crippen LogP contribution in [0, 0.1) is 0 Å². The van der Waals surface area contributed by atoms with Gasteiger partial charge in [0.1, 0.15) is 0 Å². The van der Waals surface area contributed by atoms with Crippen LogP contribution < -0.4 is 0 Å². The summed E-state index contributed by atoms with van der Waals surface area (Å²) < 4.78 is 0. The second-order valence-corrected chi connectivity index (χ2v) is 3.62. The van der Waals surface area contributed by atoms with Gasteiger partial charge >= 0.3 is 0 Å². The van der Waals surface area contributed by atoms with Crippen molar-refractivity contribution in [1.29, 1.82) is 0 Å². The molecule has 0 unspecified atom stereocenters. The van der Waals surface area contributed by atoms with Crippen molar-refractivity contribution < 1.29 is 4.79 Å². The molecule has 3 heteroatoms. The fraction of sp³-hybridized carbons (Fsp3) is 0.625. The summed E-state index contributed by atoms with van der Waals surface area (Å²) in [6.45, 7) is 4.03. The fourth-order valence-corrected chi connectivity index (χ4v) is 1.77. The van der Waals surface area contributed by atoms with Crippen LogP contribution in [0.5, 0.6) is 0 Å². The minimum atomic E-state index is -0.0845.